The molecule has 0 unspecified atom stereocenters. The maximum absolute atomic E-state index is 13.6. The first-order chi connectivity index (χ1) is 19.7. The summed E-state index contributed by atoms with van der Waals surface area (Å²) in [6.07, 6.45) is 4.33. The smallest absolute Gasteiger partial charge is 0.255 e. The van der Waals surface area contributed by atoms with Crippen molar-refractivity contribution in [2.75, 3.05) is 14.2 Å². The summed E-state index contributed by atoms with van der Waals surface area (Å²) in [6.45, 7) is 7.41. The van der Waals surface area contributed by atoms with Gasteiger partial charge in [-0.25, -0.2) is 4.39 Å². The zero-order valence-corrected chi connectivity index (χ0v) is 22.6. The van der Waals surface area contributed by atoms with E-state index in [1.165, 1.54) is 38.6 Å². The standard InChI is InChI=1S/C32H28FN3O5/c1-5-27(35-6-2)32(13-14-32)36-30(38)22-16-21(26(40-4)17-24(22)37)19-9-12-25-23(15-19)28(31(39)34-3)29(41-25)18-7-10-20(33)11-8-18/h5-12,15-17,37H,1-2,13-14H2,3-4H3,(H,34,39)(H,36,38). The summed E-state index contributed by atoms with van der Waals surface area (Å²) < 4.78 is 25.2. The first-order valence-electron chi connectivity index (χ1n) is 12.8. The number of aliphatic imine (C=N–C) groups is 1. The van der Waals surface area contributed by atoms with Crippen LogP contribution in [0.3, 0.4) is 0 Å². The average Bonchev–Trinajstić information content (AvgIpc) is 3.65. The largest absolute Gasteiger partial charge is 0.507 e. The van der Waals surface area contributed by atoms with E-state index in [4.69, 9.17) is 9.15 Å². The summed E-state index contributed by atoms with van der Waals surface area (Å²) in [6, 6.07) is 13.8. The van der Waals surface area contributed by atoms with Crippen LogP contribution in [-0.4, -0.2) is 42.3 Å². The van der Waals surface area contributed by atoms with E-state index in [9.17, 15) is 19.1 Å². The summed E-state index contributed by atoms with van der Waals surface area (Å²) in [5.74, 6) is -0.919. The number of phenols is 1. The Bertz CT molecular complexity index is 1730. The van der Waals surface area contributed by atoms with Gasteiger partial charge in [0.2, 0.25) is 0 Å². The number of hydrogen-bond acceptors (Lipinski definition) is 6. The molecular weight excluding hydrogens is 525 g/mol. The third-order valence-corrected chi connectivity index (χ3v) is 7.14. The molecule has 4 aromatic rings. The predicted octanol–water partition coefficient (Wildman–Crippen LogP) is 6.01. The summed E-state index contributed by atoms with van der Waals surface area (Å²) in [7, 11) is 2.97. The molecule has 1 aliphatic carbocycles. The number of fused-ring (bicyclic) bond motifs is 1. The highest BCUT2D eigenvalue weighted by atomic mass is 19.1. The van der Waals surface area contributed by atoms with Crippen molar-refractivity contribution in [3.63, 3.8) is 0 Å². The number of amides is 2. The molecule has 0 spiro atoms. The van der Waals surface area contributed by atoms with Gasteiger partial charge in [-0.2, -0.15) is 0 Å². The van der Waals surface area contributed by atoms with Crippen LogP contribution in [0.5, 0.6) is 11.5 Å². The molecule has 5 rings (SSSR count). The Hall–Kier alpha value is -5.18. The Morgan fingerprint density at radius 3 is 2.39 bits per heavy atom. The van der Waals surface area contributed by atoms with Crippen LogP contribution in [0.2, 0.25) is 0 Å². The molecular formula is C32H28FN3O5. The number of hydrogen-bond donors (Lipinski definition) is 3. The van der Waals surface area contributed by atoms with Gasteiger partial charge >= 0.3 is 0 Å². The van der Waals surface area contributed by atoms with Crippen LogP contribution >= 0.6 is 0 Å². The number of rotatable bonds is 9. The van der Waals surface area contributed by atoms with Crippen molar-refractivity contribution >= 4 is 28.5 Å². The quantitative estimate of drug-likeness (QED) is 0.220. The van der Waals surface area contributed by atoms with Crippen molar-refractivity contribution in [2.45, 2.75) is 18.4 Å². The van der Waals surface area contributed by atoms with E-state index in [-0.39, 0.29) is 22.8 Å². The van der Waals surface area contributed by atoms with E-state index in [0.717, 1.165) is 0 Å². The van der Waals surface area contributed by atoms with Gasteiger partial charge in [0.1, 0.15) is 28.7 Å². The van der Waals surface area contributed by atoms with Crippen LogP contribution in [0.1, 0.15) is 33.6 Å². The van der Waals surface area contributed by atoms with E-state index in [0.29, 0.717) is 57.7 Å². The molecule has 3 aromatic carbocycles. The molecule has 208 valence electrons. The molecule has 0 atom stereocenters. The number of furan rings is 1. The van der Waals surface area contributed by atoms with Crippen LogP contribution in [0, 0.1) is 5.82 Å². The highest BCUT2D eigenvalue weighted by Crippen LogP contribution is 2.42. The molecule has 9 heteroatoms. The third kappa shape index (κ3) is 4.98. The predicted molar refractivity (Wildman–Crippen MR) is 156 cm³/mol. The third-order valence-electron chi connectivity index (χ3n) is 7.14. The molecule has 0 aliphatic heterocycles. The Morgan fingerprint density at radius 2 is 1.78 bits per heavy atom. The van der Waals surface area contributed by atoms with Crippen LogP contribution in [0.15, 0.2) is 89.4 Å². The van der Waals surface area contributed by atoms with Crippen molar-refractivity contribution in [1.82, 2.24) is 10.6 Å². The van der Waals surface area contributed by atoms with Gasteiger partial charge < -0.3 is 24.9 Å². The fraction of sp³-hybridized carbons (Fsp3) is 0.156. The molecule has 0 bridgehead atoms. The number of nitrogens with one attached hydrogen (secondary N) is 2. The summed E-state index contributed by atoms with van der Waals surface area (Å²) in [5, 5.41) is 16.9. The minimum Gasteiger partial charge on any atom is -0.507 e. The van der Waals surface area contributed by atoms with E-state index >= 15 is 0 Å². The fourth-order valence-electron chi connectivity index (χ4n) is 4.89. The number of aromatic hydroxyl groups is 1. The second kappa shape index (κ2) is 10.8. The number of methoxy groups -OCH3 is 1. The van der Waals surface area contributed by atoms with Gasteiger partial charge in [0, 0.05) is 35.8 Å². The van der Waals surface area contributed by atoms with Crippen LogP contribution < -0.4 is 15.4 Å². The van der Waals surface area contributed by atoms with Gasteiger partial charge in [0.05, 0.1) is 29.5 Å². The Morgan fingerprint density at radius 1 is 1.07 bits per heavy atom. The molecule has 3 N–H and O–H groups in total. The molecule has 1 fully saturated rings. The van der Waals surface area contributed by atoms with Crippen LogP contribution in [0.25, 0.3) is 33.4 Å². The van der Waals surface area contributed by atoms with Crippen molar-refractivity contribution in [1.29, 1.82) is 0 Å². The van der Waals surface area contributed by atoms with Gasteiger partial charge in [0.25, 0.3) is 11.8 Å². The maximum Gasteiger partial charge on any atom is 0.255 e. The molecule has 0 saturated heterocycles. The van der Waals surface area contributed by atoms with Gasteiger partial charge in [-0.1, -0.05) is 19.2 Å². The highest BCUT2D eigenvalue weighted by Gasteiger charge is 2.48. The van der Waals surface area contributed by atoms with Crippen molar-refractivity contribution < 1.29 is 28.2 Å². The topological polar surface area (TPSA) is 113 Å². The van der Waals surface area contributed by atoms with E-state index in [1.807, 2.05) is 0 Å². The summed E-state index contributed by atoms with van der Waals surface area (Å²) >= 11 is 0. The van der Waals surface area contributed by atoms with E-state index in [2.05, 4.69) is 28.8 Å². The summed E-state index contributed by atoms with van der Waals surface area (Å²) in [5.41, 5.74) is 2.35. The SMILES string of the molecule is C=CN=C(C=C)C1(NC(=O)c2cc(-c3ccc4oc(-c5ccc(F)cc5)c(C(=O)NC)c4c3)c(OC)cc2O)CC1. The Labute approximate surface area is 235 Å². The molecule has 8 nitrogen and oxygen atoms in total. The normalized spacial score (nSPS) is 13.9. The average molecular weight is 554 g/mol. The number of nitrogens with zero attached hydrogens (tertiary/aromatic N) is 1. The fourth-order valence-corrected chi connectivity index (χ4v) is 4.89. The van der Waals surface area contributed by atoms with Crippen molar-refractivity contribution in [3.05, 3.63) is 97.0 Å². The number of halogens is 1. The number of carbonyl (C=O) groups is 2. The molecule has 2 amide bonds. The first kappa shape index (κ1) is 27.4. The molecule has 1 aliphatic rings. The first-order valence-corrected chi connectivity index (χ1v) is 12.8. The Kier molecular flexibility index (Phi) is 7.19. The Balaban J connectivity index is 1.61. The van der Waals surface area contributed by atoms with Crippen LogP contribution in [0.4, 0.5) is 4.39 Å². The highest BCUT2D eigenvalue weighted by molar-refractivity contribution is 6.12. The van der Waals surface area contributed by atoms with Crippen molar-refractivity contribution in [2.24, 2.45) is 4.99 Å². The van der Waals surface area contributed by atoms with Crippen molar-refractivity contribution in [3.8, 4) is 33.9 Å². The minimum absolute atomic E-state index is 0.0416. The number of phenolic OH excluding ortho intramolecular Hbond substituents is 1. The van der Waals surface area contributed by atoms with Gasteiger partial charge in [0.15, 0.2) is 0 Å². The molecule has 0 radical (unpaired) electrons. The molecule has 1 saturated carbocycles. The lowest BCUT2D eigenvalue weighted by molar-refractivity contribution is 0.0938. The summed E-state index contributed by atoms with van der Waals surface area (Å²) in [4.78, 5) is 30.6. The lowest BCUT2D eigenvalue weighted by atomic mass is 9.97. The maximum atomic E-state index is 13.6. The lowest BCUT2D eigenvalue weighted by Crippen LogP contribution is -2.42. The monoisotopic (exact) mass is 553 g/mol. The molecule has 41 heavy (non-hydrogen) atoms. The molecule has 1 heterocycles. The second-order valence-electron chi connectivity index (χ2n) is 9.61. The zero-order chi connectivity index (χ0) is 29.3. The van der Waals surface area contributed by atoms with Gasteiger partial charge in [-0.3, -0.25) is 14.6 Å². The minimum atomic E-state index is -0.672. The van der Waals surface area contributed by atoms with Gasteiger partial charge in [-0.05, 0) is 66.9 Å². The number of ether oxygens (including phenoxy) is 1. The zero-order valence-electron chi connectivity index (χ0n) is 22.6. The number of carbonyl (C=O) groups excluding carboxylic acids is 2. The van der Waals surface area contributed by atoms with Gasteiger partial charge in [-0.15, -0.1) is 0 Å². The van der Waals surface area contributed by atoms with E-state index in [1.54, 1.807) is 42.5 Å². The number of benzene rings is 3. The van der Waals surface area contributed by atoms with E-state index < -0.39 is 17.3 Å². The lowest BCUT2D eigenvalue weighted by Gasteiger charge is -2.19. The van der Waals surface area contributed by atoms with Crippen LogP contribution in [-0.2, 0) is 0 Å². The second-order valence-corrected chi connectivity index (χ2v) is 9.61. The molecule has 1 aromatic heterocycles.